The molecule has 1 saturated carbocycles. The number of hydrogen-bond acceptors (Lipinski definition) is 5. The molecule has 25 heavy (non-hydrogen) atoms. The van der Waals surface area contributed by atoms with Crippen molar-refractivity contribution in [2.45, 2.75) is 44.8 Å². The van der Waals surface area contributed by atoms with E-state index in [4.69, 9.17) is 0 Å². The first kappa shape index (κ1) is 16.1. The highest BCUT2D eigenvalue weighted by atomic mass is 16.6. The maximum atomic E-state index is 12.6. The maximum absolute atomic E-state index is 12.6. The largest absolute Gasteiger partial charge is 0.363 e. The summed E-state index contributed by atoms with van der Waals surface area (Å²) in [6, 6.07) is 6.57. The fourth-order valence-electron chi connectivity index (χ4n) is 4.52. The number of nitro groups is 1. The summed E-state index contributed by atoms with van der Waals surface area (Å²) in [7, 11) is 0. The van der Waals surface area contributed by atoms with Gasteiger partial charge in [-0.25, -0.2) is 5.43 Å². The molecule has 0 bridgehead atoms. The smallest absolute Gasteiger partial charge is 0.269 e. The molecule has 3 atom stereocenters. The van der Waals surface area contributed by atoms with Crippen LogP contribution in [0.3, 0.4) is 0 Å². The van der Waals surface area contributed by atoms with E-state index in [1.165, 1.54) is 37.8 Å². The molecule has 3 aliphatic rings. The van der Waals surface area contributed by atoms with Gasteiger partial charge in [-0.15, -0.1) is 0 Å². The van der Waals surface area contributed by atoms with Gasteiger partial charge in [0.1, 0.15) is 6.17 Å². The fourth-order valence-corrected chi connectivity index (χ4v) is 4.52. The molecular weight excluding hydrogens is 320 g/mol. The Morgan fingerprint density at radius 2 is 1.88 bits per heavy atom. The Kier molecular flexibility index (Phi) is 3.95. The van der Waals surface area contributed by atoms with E-state index >= 15 is 0 Å². The lowest BCUT2D eigenvalue weighted by Crippen LogP contribution is -2.53. The van der Waals surface area contributed by atoms with E-state index in [-0.39, 0.29) is 23.8 Å². The van der Waals surface area contributed by atoms with Gasteiger partial charge in [0.2, 0.25) is 0 Å². The van der Waals surface area contributed by atoms with Crippen molar-refractivity contribution in [2.75, 3.05) is 0 Å². The highest BCUT2D eigenvalue weighted by Gasteiger charge is 2.47. The van der Waals surface area contributed by atoms with Gasteiger partial charge < -0.3 is 5.32 Å². The SMILES string of the molecule is CC1NN2C(=O)C=C(c3ccc([N+](=O)[O-])cc3)NC2C1C1CCCC1. The van der Waals surface area contributed by atoms with E-state index in [1.807, 2.05) is 0 Å². The maximum Gasteiger partial charge on any atom is 0.269 e. The minimum absolute atomic E-state index is 0.0492. The lowest BCUT2D eigenvalue weighted by molar-refractivity contribution is -0.384. The third-order valence-corrected chi connectivity index (χ3v) is 5.70. The van der Waals surface area contributed by atoms with E-state index in [1.54, 1.807) is 23.2 Å². The molecule has 1 saturated heterocycles. The second-order valence-electron chi connectivity index (χ2n) is 7.20. The van der Waals surface area contributed by atoms with Crippen molar-refractivity contribution in [1.82, 2.24) is 15.8 Å². The lowest BCUT2D eigenvalue weighted by atomic mass is 9.84. The van der Waals surface area contributed by atoms with Crippen LogP contribution in [0.1, 0.15) is 38.2 Å². The zero-order valence-electron chi connectivity index (χ0n) is 14.1. The average molecular weight is 342 g/mol. The summed E-state index contributed by atoms with van der Waals surface area (Å²) in [5.74, 6) is 0.923. The minimum atomic E-state index is -0.419. The number of carbonyl (C=O) groups is 1. The highest BCUT2D eigenvalue weighted by molar-refractivity contribution is 5.96. The number of hydrogen-bond donors (Lipinski definition) is 2. The Bertz CT molecular complexity index is 724. The van der Waals surface area contributed by atoms with Crippen LogP contribution in [0.2, 0.25) is 0 Å². The molecular formula is C18H22N4O3. The molecule has 132 valence electrons. The minimum Gasteiger partial charge on any atom is -0.363 e. The van der Waals surface area contributed by atoms with E-state index in [0.29, 0.717) is 11.8 Å². The number of amides is 1. The second kappa shape index (κ2) is 6.15. The van der Waals surface area contributed by atoms with E-state index < -0.39 is 4.92 Å². The number of benzene rings is 1. The Labute approximate surface area is 146 Å². The average Bonchev–Trinajstić information content (AvgIpc) is 3.22. The van der Waals surface area contributed by atoms with Crippen molar-refractivity contribution in [3.63, 3.8) is 0 Å². The van der Waals surface area contributed by atoms with Crippen molar-refractivity contribution in [1.29, 1.82) is 0 Å². The molecule has 7 nitrogen and oxygen atoms in total. The van der Waals surface area contributed by atoms with Gasteiger partial charge in [-0.3, -0.25) is 19.9 Å². The van der Waals surface area contributed by atoms with Crippen molar-refractivity contribution < 1.29 is 9.72 Å². The summed E-state index contributed by atoms with van der Waals surface area (Å²) in [4.78, 5) is 23.0. The number of hydrazine groups is 1. The first-order valence-electron chi connectivity index (χ1n) is 8.87. The molecule has 1 aliphatic carbocycles. The monoisotopic (exact) mass is 342 g/mol. The Morgan fingerprint density at radius 3 is 2.52 bits per heavy atom. The molecule has 1 amide bonds. The number of carbonyl (C=O) groups excluding carboxylic acids is 1. The normalized spacial score (nSPS) is 29.3. The van der Waals surface area contributed by atoms with Gasteiger partial charge in [-0.1, -0.05) is 12.8 Å². The van der Waals surface area contributed by atoms with Crippen LogP contribution < -0.4 is 10.7 Å². The van der Waals surface area contributed by atoms with Crippen LogP contribution >= 0.6 is 0 Å². The number of nitrogens with one attached hydrogen (secondary N) is 2. The Balaban J connectivity index is 1.60. The lowest BCUT2D eigenvalue weighted by Gasteiger charge is -2.35. The molecule has 7 heteroatoms. The molecule has 4 rings (SSSR count). The summed E-state index contributed by atoms with van der Waals surface area (Å²) in [6.07, 6.45) is 6.45. The second-order valence-corrected chi connectivity index (χ2v) is 7.20. The van der Waals surface area contributed by atoms with Crippen LogP contribution in [-0.2, 0) is 4.79 Å². The van der Waals surface area contributed by atoms with Gasteiger partial charge >= 0.3 is 0 Å². The molecule has 2 aliphatic heterocycles. The zero-order chi connectivity index (χ0) is 17.6. The summed E-state index contributed by atoms with van der Waals surface area (Å²) < 4.78 is 0. The summed E-state index contributed by atoms with van der Waals surface area (Å²) >= 11 is 0. The van der Waals surface area contributed by atoms with Crippen molar-refractivity contribution in [3.05, 3.63) is 46.0 Å². The van der Waals surface area contributed by atoms with Gasteiger partial charge in [0.05, 0.1) is 4.92 Å². The quantitative estimate of drug-likeness (QED) is 0.650. The van der Waals surface area contributed by atoms with Crippen LogP contribution in [-0.4, -0.2) is 28.0 Å². The zero-order valence-corrected chi connectivity index (χ0v) is 14.1. The van der Waals surface area contributed by atoms with Crippen molar-refractivity contribution >= 4 is 17.3 Å². The van der Waals surface area contributed by atoms with Crippen molar-refractivity contribution in [3.8, 4) is 0 Å². The third-order valence-electron chi connectivity index (χ3n) is 5.70. The standard InChI is InChI=1S/C18H22N4O3/c1-11-17(13-4-2-3-5-13)18-19-15(10-16(23)21(18)20-11)12-6-8-14(9-7-12)22(24)25/h6-11,13,17-20H,2-5H2,1H3. The Hall–Kier alpha value is -2.41. The first-order chi connectivity index (χ1) is 12.0. The molecule has 2 N–H and O–H groups in total. The first-order valence-corrected chi connectivity index (χ1v) is 8.87. The highest BCUT2D eigenvalue weighted by Crippen LogP contribution is 2.40. The molecule has 2 fully saturated rings. The topological polar surface area (TPSA) is 87.5 Å². The fraction of sp³-hybridized carbons (Fsp3) is 0.500. The molecule has 0 spiro atoms. The number of nitrogens with zero attached hydrogens (tertiary/aromatic N) is 2. The van der Waals surface area contributed by atoms with Crippen LogP contribution in [0, 0.1) is 22.0 Å². The molecule has 1 aromatic rings. The molecule has 3 unspecified atom stereocenters. The van der Waals surface area contributed by atoms with Gasteiger partial charge in [-0.05, 0) is 43.4 Å². The predicted octanol–water partition coefficient (Wildman–Crippen LogP) is 2.41. The number of non-ortho nitro benzene ring substituents is 1. The van der Waals surface area contributed by atoms with E-state index in [2.05, 4.69) is 17.7 Å². The van der Waals surface area contributed by atoms with Crippen molar-refractivity contribution in [2.24, 2.45) is 11.8 Å². The predicted molar refractivity (Wildman–Crippen MR) is 92.9 cm³/mol. The van der Waals surface area contributed by atoms with Gasteiger partial charge in [0.15, 0.2) is 0 Å². The Morgan fingerprint density at radius 1 is 1.20 bits per heavy atom. The van der Waals surface area contributed by atoms with Gasteiger partial charge in [0, 0.05) is 35.9 Å². The number of fused-ring (bicyclic) bond motifs is 1. The van der Waals surface area contributed by atoms with Crippen LogP contribution in [0.25, 0.3) is 5.70 Å². The van der Waals surface area contributed by atoms with Crippen LogP contribution in [0.5, 0.6) is 0 Å². The van der Waals surface area contributed by atoms with Gasteiger partial charge in [0.25, 0.3) is 11.6 Å². The van der Waals surface area contributed by atoms with E-state index in [0.717, 1.165) is 11.3 Å². The summed E-state index contributed by atoms with van der Waals surface area (Å²) in [5, 5.41) is 16.0. The summed E-state index contributed by atoms with van der Waals surface area (Å²) in [5.41, 5.74) is 4.90. The van der Waals surface area contributed by atoms with Gasteiger partial charge in [-0.2, -0.15) is 0 Å². The number of rotatable bonds is 3. The molecule has 2 heterocycles. The van der Waals surface area contributed by atoms with Crippen LogP contribution in [0.4, 0.5) is 5.69 Å². The van der Waals surface area contributed by atoms with Crippen LogP contribution in [0.15, 0.2) is 30.3 Å². The summed E-state index contributed by atoms with van der Waals surface area (Å²) in [6.45, 7) is 2.14. The number of nitro benzene ring substituents is 1. The molecule has 1 aromatic carbocycles. The molecule has 0 radical (unpaired) electrons. The van der Waals surface area contributed by atoms with E-state index in [9.17, 15) is 14.9 Å². The molecule has 0 aromatic heterocycles. The third kappa shape index (κ3) is 2.78.